The molecule has 1 nitrogen and oxygen atoms in total. The third kappa shape index (κ3) is 2.84. The van der Waals surface area contributed by atoms with Crippen molar-refractivity contribution < 1.29 is 0 Å². The highest BCUT2D eigenvalue weighted by Crippen LogP contribution is 2.31. The highest BCUT2D eigenvalue weighted by atomic mass is 32.1. The van der Waals surface area contributed by atoms with Crippen LogP contribution in [0.25, 0.3) is 42.4 Å². The molecule has 0 aliphatic rings. The SMILES string of the molecule is O=c1c2cc(-c3ccccc3)ccc2sc2ccc(-c3ccccc3)cc12. The average molecular weight is 364 g/mol. The zero-order valence-electron chi connectivity index (χ0n) is 14.6. The Kier molecular flexibility index (Phi) is 3.84. The smallest absolute Gasteiger partial charge is 0.195 e. The summed E-state index contributed by atoms with van der Waals surface area (Å²) in [5.74, 6) is 0. The third-order valence-electron chi connectivity index (χ3n) is 4.88. The van der Waals surface area contributed by atoms with Gasteiger partial charge in [-0.15, -0.1) is 11.3 Å². The summed E-state index contributed by atoms with van der Waals surface area (Å²) in [7, 11) is 0. The zero-order valence-corrected chi connectivity index (χ0v) is 15.4. The molecular formula is C25H16OS. The van der Waals surface area contributed by atoms with Crippen molar-refractivity contribution in [3.63, 3.8) is 0 Å². The van der Waals surface area contributed by atoms with Crippen LogP contribution in [0, 0.1) is 0 Å². The van der Waals surface area contributed by atoms with Gasteiger partial charge in [0.2, 0.25) is 0 Å². The lowest BCUT2D eigenvalue weighted by Crippen LogP contribution is -2.01. The Morgan fingerprint density at radius 1 is 0.481 bits per heavy atom. The van der Waals surface area contributed by atoms with Crippen LogP contribution in [0.15, 0.2) is 102 Å². The van der Waals surface area contributed by atoms with Crippen LogP contribution in [0.4, 0.5) is 0 Å². The predicted molar refractivity (Wildman–Crippen MR) is 116 cm³/mol. The topological polar surface area (TPSA) is 17.1 Å². The number of hydrogen-bond donors (Lipinski definition) is 0. The van der Waals surface area contributed by atoms with E-state index in [1.807, 2.05) is 48.5 Å². The van der Waals surface area contributed by atoms with Gasteiger partial charge in [0.05, 0.1) is 0 Å². The van der Waals surface area contributed by atoms with Crippen LogP contribution in [-0.2, 0) is 0 Å². The van der Waals surface area contributed by atoms with E-state index >= 15 is 0 Å². The maximum atomic E-state index is 13.3. The summed E-state index contributed by atoms with van der Waals surface area (Å²) in [4.78, 5) is 13.3. The average Bonchev–Trinajstić information content (AvgIpc) is 2.75. The molecule has 0 atom stereocenters. The number of fused-ring (bicyclic) bond motifs is 2. The van der Waals surface area contributed by atoms with Crippen molar-refractivity contribution in [2.45, 2.75) is 0 Å². The lowest BCUT2D eigenvalue weighted by atomic mass is 10.0. The fourth-order valence-electron chi connectivity index (χ4n) is 3.48. The van der Waals surface area contributed by atoms with Gasteiger partial charge in [0.25, 0.3) is 0 Å². The molecule has 0 saturated heterocycles. The van der Waals surface area contributed by atoms with Crippen LogP contribution in [-0.4, -0.2) is 0 Å². The van der Waals surface area contributed by atoms with Crippen LogP contribution in [0.2, 0.25) is 0 Å². The Labute approximate surface area is 161 Å². The minimum atomic E-state index is 0.106. The van der Waals surface area contributed by atoms with E-state index in [1.165, 1.54) is 0 Å². The van der Waals surface area contributed by atoms with E-state index in [4.69, 9.17) is 0 Å². The van der Waals surface area contributed by atoms with E-state index in [-0.39, 0.29) is 5.43 Å². The monoisotopic (exact) mass is 364 g/mol. The minimum Gasteiger partial charge on any atom is -0.289 e. The molecular weight excluding hydrogens is 348 g/mol. The Bertz CT molecular complexity index is 1220. The van der Waals surface area contributed by atoms with Crippen LogP contribution in [0.1, 0.15) is 0 Å². The first kappa shape index (κ1) is 16.0. The molecule has 0 unspecified atom stereocenters. The summed E-state index contributed by atoms with van der Waals surface area (Å²) in [6.07, 6.45) is 0. The van der Waals surface area contributed by atoms with Gasteiger partial charge in [0.15, 0.2) is 5.43 Å². The molecule has 0 amide bonds. The largest absolute Gasteiger partial charge is 0.289 e. The summed E-state index contributed by atoms with van der Waals surface area (Å²) in [6.45, 7) is 0. The highest BCUT2D eigenvalue weighted by Gasteiger charge is 2.09. The lowest BCUT2D eigenvalue weighted by Gasteiger charge is -2.07. The first-order valence-electron chi connectivity index (χ1n) is 8.91. The molecule has 27 heavy (non-hydrogen) atoms. The fourth-order valence-corrected chi connectivity index (χ4v) is 4.51. The molecule has 0 spiro atoms. The first-order chi connectivity index (χ1) is 13.3. The van der Waals surface area contributed by atoms with Crippen molar-refractivity contribution in [3.8, 4) is 22.3 Å². The molecule has 1 heterocycles. The van der Waals surface area contributed by atoms with Crippen molar-refractivity contribution in [2.24, 2.45) is 0 Å². The van der Waals surface area contributed by atoms with Crippen LogP contribution in [0.5, 0.6) is 0 Å². The molecule has 5 aromatic rings. The van der Waals surface area contributed by atoms with Gasteiger partial charge in [0.1, 0.15) is 0 Å². The van der Waals surface area contributed by atoms with Gasteiger partial charge in [-0.1, -0.05) is 72.8 Å². The highest BCUT2D eigenvalue weighted by molar-refractivity contribution is 7.24. The first-order valence-corrected chi connectivity index (χ1v) is 9.73. The maximum absolute atomic E-state index is 13.3. The molecule has 0 radical (unpaired) electrons. The van der Waals surface area contributed by atoms with E-state index in [0.29, 0.717) is 0 Å². The number of rotatable bonds is 2. The van der Waals surface area contributed by atoms with Crippen LogP contribution >= 0.6 is 11.3 Å². The van der Waals surface area contributed by atoms with Crippen molar-refractivity contribution in [1.29, 1.82) is 0 Å². The number of benzene rings is 4. The lowest BCUT2D eigenvalue weighted by molar-refractivity contribution is 1.64. The second kappa shape index (κ2) is 6.49. The predicted octanol–water partition coefficient (Wildman–Crippen LogP) is 6.75. The molecule has 0 saturated carbocycles. The Hall–Kier alpha value is -3.23. The van der Waals surface area contributed by atoms with Gasteiger partial charge in [0, 0.05) is 20.2 Å². The van der Waals surface area contributed by atoms with Gasteiger partial charge in [-0.2, -0.15) is 0 Å². The van der Waals surface area contributed by atoms with Crippen LogP contribution < -0.4 is 5.43 Å². The van der Waals surface area contributed by atoms with Crippen molar-refractivity contribution >= 4 is 31.5 Å². The normalized spacial score (nSPS) is 11.1. The van der Waals surface area contributed by atoms with E-state index in [0.717, 1.165) is 42.4 Å². The molecule has 0 fully saturated rings. The fraction of sp³-hybridized carbons (Fsp3) is 0. The van der Waals surface area contributed by atoms with Gasteiger partial charge in [-0.3, -0.25) is 4.79 Å². The minimum absolute atomic E-state index is 0.106. The summed E-state index contributed by atoms with van der Waals surface area (Å²) in [5, 5.41) is 1.58. The molecule has 2 heteroatoms. The molecule has 0 bridgehead atoms. The Morgan fingerprint density at radius 2 is 0.926 bits per heavy atom. The maximum Gasteiger partial charge on any atom is 0.195 e. The number of hydrogen-bond acceptors (Lipinski definition) is 2. The Morgan fingerprint density at radius 3 is 1.37 bits per heavy atom. The van der Waals surface area contributed by atoms with Gasteiger partial charge in [-0.25, -0.2) is 0 Å². The molecule has 5 rings (SSSR count). The van der Waals surface area contributed by atoms with Crippen molar-refractivity contribution in [2.75, 3.05) is 0 Å². The molecule has 0 aliphatic heterocycles. The van der Waals surface area contributed by atoms with Gasteiger partial charge in [-0.05, 0) is 46.5 Å². The van der Waals surface area contributed by atoms with E-state index < -0.39 is 0 Å². The molecule has 0 aliphatic carbocycles. The second-order valence-electron chi connectivity index (χ2n) is 6.59. The molecule has 0 N–H and O–H groups in total. The van der Waals surface area contributed by atoms with E-state index in [1.54, 1.807) is 11.3 Å². The molecule has 4 aromatic carbocycles. The zero-order chi connectivity index (χ0) is 18.2. The van der Waals surface area contributed by atoms with Crippen molar-refractivity contribution in [3.05, 3.63) is 107 Å². The molecule has 128 valence electrons. The third-order valence-corrected chi connectivity index (χ3v) is 6.03. The standard InChI is InChI=1S/C25H16OS/c26-25-21-15-19(17-7-3-1-4-8-17)11-13-23(21)27-24-14-12-20(16-22(24)25)18-9-5-2-6-10-18/h1-16H. The van der Waals surface area contributed by atoms with Gasteiger partial charge >= 0.3 is 0 Å². The summed E-state index contributed by atoms with van der Waals surface area (Å²) < 4.78 is 2.05. The van der Waals surface area contributed by atoms with E-state index in [2.05, 4.69) is 48.5 Å². The second-order valence-corrected chi connectivity index (χ2v) is 7.67. The summed E-state index contributed by atoms with van der Waals surface area (Å²) >= 11 is 1.67. The summed E-state index contributed by atoms with van der Waals surface area (Å²) in [6, 6.07) is 32.8. The Balaban J connectivity index is 1.75. The van der Waals surface area contributed by atoms with E-state index in [9.17, 15) is 4.79 Å². The van der Waals surface area contributed by atoms with Crippen LogP contribution in [0.3, 0.4) is 0 Å². The van der Waals surface area contributed by atoms with Gasteiger partial charge < -0.3 is 0 Å². The van der Waals surface area contributed by atoms with Crippen molar-refractivity contribution in [1.82, 2.24) is 0 Å². The molecule has 1 aromatic heterocycles. The quantitative estimate of drug-likeness (QED) is 0.317. The summed E-state index contributed by atoms with van der Waals surface area (Å²) in [5.41, 5.74) is 4.51.